The minimum Gasteiger partial charge on any atom is -0.351 e. The van der Waals surface area contributed by atoms with Crippen molar-refractivity contribution < 1.29 is 14.4 Å². The number of para-hydroxylation sites is 1. The lowest BCUT2D eigenvalue weighted by atomic mass is 9.99. The largest absolute Gasteiger partial charge is 0.351 e. The van der Waals surface area contributed by atoms with Crippen LogP contribution in [0.5, 0.6) is 0 Å². The Morgan fingerprint density at radius 1 is 1.12 bits per heavy atom. The van der Waals surface area contributed by atoms with E-state index < -0.39 is 24.1 Å². The Bertz CT molecular complexity index is 1190. The van der Waals surface area contributed by atoms with E-state index in [0.29, 0.717) is 41.0 Å². The zero-order valence-corrected chi connectivity index (χ0v) is 18.1. The number of rotatable bonds is 5. The molecule has 3 aromatic rings. The number of fused-ring (bicyclic) bond motifs is 1. The Labute approximate surface area is 190 Å². The average Bonchev–Trinajstić information content (AvgIpc) is 3.33. The molecule has 5 N–H and O–H groups in total. The molecule has 1 saturated heterocycles. The highest BCUT2D eigenvalue weighted by atomic mass is 35.5. The van der Waals surface area contributed by atoms with Crippen LogP contribution in [0.4, 0.5) is 15.3 Å². The first kappa shape index (κ1) is 21.9. The Hall–Kier alpha value is -3.36. The lowest BCUT2D eigenvalue weighted by Gasteiger charge is -2.26. The molecule has 166 valence electrons. The third-order valence-electron chi connectivity index (χ3n) is 5.78. The fourth-order valence-corrected chi connectivity index (χ4v) is 4.43. The summed E-state index contributed by atoms with van der Waals surface area (Å²) in [6, 6.07) is 12.2. The SMILES string of the molecule is NC(=O)n1cc(NC(=O)N2CC[C@H](N)[C@H]2C(=O)CCc2cccc(Cl)c2)c2ccccc21. The van der Waals surface area contributed by atoms with Gasteiger partial charge in [-0.05, 0) is 36.6 Å². The minimum atomic E-state index is -0.710. The van der Waals surface area contributed by atoms with Gasteiger partial charge in [0.1, 0.15) is 6.04 Å². The van der Waals surface area contributed by atoms with E-state index in [0.717, 1.165) is 5.56 Å². The van der Waals surface area contributed by atoms with Crippen molar-refractivity contribution in [1.29, 1.82) is 0 Å². The molecule has 0 bridgehead atoms. The van der Waals surface area contributed by atoms with Gasteiger partial charge < -0.3 is 21.7 Å². The summed E-state index contributed by atoms with van der Waals surface area (Å²) in [4.78, 5) is 39.3. The molecule has 9 heteroatoms. The number of amides is 3. The number of hydrogen-bond acceptors (Lipinski definition) is 4. The third kappa shape index (κ3) is 4.32. The zero-order valence-electron chi connectivity index (χ0n) is 17.3. The molecule has 3 amide bonds. The number of aromatic nitrogens is 1. The standard InChI is InChI=1S/C23H24ClN5O3/c24-15-5-3-4-14(12-15)8-9-20(30)21-17(25)10-11-28(21)23(32)27-18-13-29(22(26)31)19-7-2-1-6-16(18)19/h1-7,12-13,17,21H,8-11,25H2,(H2,26,31)(H,27,32)/t17-,21-/m0/s1. The zero-order chi connectivity index (χ0) is 22.8. The van der Waals surface area contributed by atoms with Crippen molar-refractivity contribution in [3.05, 3.63) is 65.3 Å². The van der Waals surface area contributed by atoms with Crippen LogP contribution in [-0.2, 0) is 11.2 Å². The van der Waals surface area contributed by atoms with Gasteiger partial charge >= 0.3 is 12.1 Å². The highest BCUT2D eigenvalue weighted by molar-refractivity contribution is 6.30. The summed E-state index contributed by atoms with van der Waals surface area (Å²) < 4.78 is 1.27. The third-order valence-corrected chi connectivity index (χ3v) is 6.01. The summed E-state index contributed by atoms with van der Waals surface area (Å²) in [6.45, 7) is 0.370. The molecule has 32 heavy (non-hydrogen) atoms. The molecule has 0 spiro atoms. The molecule has 4 rings (SSSR count). The van der Waals surface area contributed by atoms with E-state index in [9.17, 15) is 14.4 Å². The van der Waals surface area contributed by atoms with Gasteiger partial charge in [0.15, 0.2) is 5.78 Å². The molecule has 1 fully saturated rings. The van der Waals surface area contributed by atoms with Crippen LogP contribution in [0.3, 0.4) is 0 Å². The first-order chi connectivity index (χ1) is 15.3. The number of primary amides is 1. The van der Waals surface area contributed by atoms with Crippen LogP contribution in [0.1, 0.15) is 18.4 Å². The van der Waals surface area contributed by atoms with Gasteiger partial charge in [0, 0.05) is 35.6 Å². The number of nitrogens with one attached hydrogen (secondary N) is 1. The highest BCUT2D eigenvalue weighted by Gasteiger charge is 2.39. The molecule has 0 unspecified atom stereocenters. The maximum absolute atomic E-state index is 13.1. The molecule has 0 saturated carbocycles. The summed E-state index contributed by atoms with van der Waals surface area (Å²) in [5, 5.41) is 4.11. The van der Waals surface area contributed by atoms with E-state index in [4.69, 9.17) is 23.1 Å². The molecule has 0 radical (unpaired) electrons. The second-order valence-corrected chi connectivity index (χ2v) is 8.32. The summed E-state index contributed by atoms with van der Waals surface area (Å²) in [7, 11) is 0. The lowest BCUT2D eigenvalue weighted by Crippen LogP contribution is -2.49. The van der Waals surface area contributed by atoms with E-state index in [1.807, 2.05) is 18.2 Å². The van der Waals surface area contributed by atoms with Gasteiger partial charge in [-0.1, -0.05) is 41.9 Å². The number of carbonyl (C=O) groups is 3. The Kier molecular flexibility index (Phi) is 6.16. The molecule has 1 aliphatic rings. The number of benzene rings is 2. The van der Waals surface area contributed by atoms with E-state index in [1.54, 1.807) is 30.3 Å². The average molecular weight is 454 g/mol. The lowest BCUT2D eigenvalue weighted by molar-refractivity contribution is -0.122. The van der Waals surface area contributed by atoms with Gasteiger partial charge in [-0.3, -0.25) is 9.36 Å². The maximum atomic E-state index is 13.1. The topological polar surface area (TPSA) is 123 Å². The summed E-state index contributed by atoms with van der Waals surface area (Å²) in [6.07, 6.45) is 2.79. The monoisotopic (exact) mass is 453 g/mol. The van der Waals surface area contributed by atoms with E-state index in [1.165, 1.54) is 15.7 Å². The number of nitrogens with two attached hydrogens (primary N) is 2. The van der Waals surface area contributed by atoms with Gasteiger partial charge in [0.25, 0.3) is 0 Å². The number of anilines is 1. The molecule has 1 aromatic heterocycles. The second-order valence-electron chi connectivity index (χ2n) is 7.89. The molecule has 1 aliphatic heterocycles. The predicted molar refractivity (Wildman–Crippen MR) is 124 cm³/mol. The fourth-order valence-electron chi connectivity index (χ4n) is 4.21. The molecular formula is C23H24ClN5O3. The number of urea groups is 1. The summed E-state index contributed by atoms with van der Waals surface area (Å²) in [5.74, 6) is -0.0929. The van der Waals surface area contributed by atoms with Crippen LogP contribution in [0.15, 0.2) is 54.7 Å². The second kappa shape index (κ2) is 9.02. The number of hydrogen-bond donors (Lipinski definition) is 3. The van der Waals surface area contributed by atoms with Crippen LogP contribution in [0.25, 0.3) is 10.9 Å². The molecular weight excluding hydrogens is 430 g/mol. The Morgan fingerprint density at radius 3 is 2.66 bits per heavy atom. The smallest absolute Gasteiger partial charge is 0.323 e. The number of carbonyl (C=O) groups excluding carboxylic acids is 3. The van der Waals surface area contributed by atoms with E-state index >= 15 is 0 Å². The van der Waals surface area contributed by atoms with Crippen LogP contribution in [0, 0.1) is 0 Å². The molecule has 2 aromatic carbocycles. The van der Waals surface area contributed by atoms with Crippen molar-refractivity contribution in [3.8, 4) is 0 Å². The van der Waals surface area contributed by atoms with E-state index in [2.05, 4.69) is 5.32 Å². The van der Waals surface area contributed by atoms with Crippen LogP contribution in [-0.4, -0.2) is 45.9 Å². The molecule has 2 heterocycles. The van der Waals surface area contributed by atoms with Crippen molar-refractivity contribution in [1.82, 2.24) is 9.47 Å². The highest BCUT2D eigenvalue weighted by Crippen LogP contribution is 2.27. The van der Waals surface area contributed by atoms with Crippen molar-refractivity contribution in [3.63, 3.8) is 0 Å². The fraction of sp³-hybridized carbons (Fsp3) is 0.261. The van der Waals surface area contributed by atoms with Gasteiger partial charge in [-0.2, -0.15) is 0 Å². The molecule has 2 atom stereocenters. The first-order valence-electron chi connectivity index (χ1n) is 10.4. The van der Waals surface area contributed by atoms with Crippen molar-refractivity contribution in [2.45, 2.75) is 31.3 Å². The first-order valence-corrected chi connectivity index (χ1v) is 10.7. The van der Waals surface area contributed by atoms with Gasteiger partial charge in [0.2, 0.25) is 0 Å². The quantitative estimate of drug-likeness (QED) is 0.548. The Morgan fingerprint density at radius 2 is 1.91 bits per heavy atom. The number of halogens is 1. The Balaban J connectivity index is 1.50. The summed E-state index contributed by atoms with van der Waals surface area (Å²) in [5.41, 5.74) is 13.6. The number of Topliss-reactive ketones (excluding diaryl/α,β-unsaturated/α-hetero) is 1. The van der Waals surface area contributed by atoms with Crippen molar-refractivity contribution in [2.24, 2.45) is 11.5 Å². The predicted octanol–water partition coefficient (Wildman–Crippen LogP) is 3.36. The van der Waals surface area contributed by atoms with Crippen molar-refractivity contribution in [2.75, 3.05) is 11.9 Å². The van der Waals surface area contributed by atoms with Crippen LogP contribution >= 0.6 is 11.6 Å². The number of nitrogens with zero attached hydrogens (tertiary/aromatic N) is 2. The van der Waals surface area contributed by atoms with Crippen LogP contribution < -0.4 is 16.8 Å². The van der Waals surface area contributed by atoms with Crippen molar-refractivity contribution >= 4 is 46.0 Å². The van der Waals surface area contributed by atoms with Gasteiger partial charge in [0.05, 0.1) is 11.2 Å². The van der Waals surface area contributed by atoms with Gasteiger partial charge in [-0.25, -0.2) is 9.59 Å². The minimum absolute atomic E-state index is 0.0929. The number of ketones is 1. The molecule has 0 aliphatic carbocycles. The summed E-state index contributed by atoms with van der Waals surface area (Å²) >= 11 is 6.02. The normalized spacial score (nSPS) is 18.1. The number of likely N-dealkylation sites (tertiary alicyclic amines) is 1. The number of aryl methyl sites for hydroxylation is 1. The van der Waals surface area contributed by atoms with E-state index in [-0.39, 0.29) is 12.2 Å². The van der Waals surface area contributed by atoms with Gasteiger partial charge in [-0.15, -0.1) is 0 Å². The maximum Gasteiger partial charge on any atom is 0.323 e. The molecule has 8 nitrogen and oxygen atoms in total. The van der Waals surface area contributed by atoms with Crippen LogP contribution in [0.2, 0.25) is 5.02 Å².